The van der Waals surface area contributed by atoms with Crippen molar-refractivity contribution in [1.82, 2.24) is 14.9 Å². The second-order valence-electron chi connectivity index (χ2n) is 5.80. The van der Waals surface area contributed by atoms with Crippen LogP contribution in [0.25, 0.3) is 10.2 Å². The first-order chi connectivity index (χ1) is 13.6. The number of thiophene rings is 1. The Labute approximate surface area is 170 Å². The van der Waals surface area contributed by atoms with Gasteiger partial charge in [-0.1, -0.05) is 23.9 Å². The minimum absolute atomic E-state index is 0.0634. The average Bonchev–Trinajstić information content (AvgIpc) is 3.19. The number of rotatable bonds is 8. The third-order valence-corrected chi connectivity index (χ3v) is 6.01. The molecule has 0 saturated carbocycles. The van der Waals surface area contributed by atoms with Crippen LogP contribution in [-0.2, 0) is 17.9 Å². The van der Waals surface area contributed by atoms with Crippen LogP contribution in [0.1, 0.15) is 12.5 Å². The molecule has 1 amide bonds. The van der Waals surface area contributed by atoms with E-state index in [1.807, 2.05) is 30.5 Å². The summed E-state index contributed by atoms with van der Waals surface area (Å²) in [4.78, 5) is 29.4. The average molecular weight is 420 g/mol. The quantitative estimate of drug-likeness (QED) is 0.447. The third-order valence-electron chi connectivity index (χ3n) is 4.14. The highest BCUT2D eigenvalue weighted by atomic mass is 32.2. The maximum Gasteiger partial charge on any atom is 0.272 e. The summed E-state index contributed by atoms with van der Waals surface area (Å²) in [5.74, 6) is 1.22. The third kappa shape index (κ3) is 4.15. The van der Waals surface area contributed by atoms with Crippen LogP contribution in [0.5, 0.6) is 11.5 Å². The number of carbonyl (C=O) groups excluding carboxylic acids is 1. The Bertz CT molecular complexity index is 1050. The fraction of sp³-hybridized carbons (Fsp3) is 0.316. The summed E-state index contributed by atoms with van der Waals surface area (Å²) in [6.45, 7) is 2.71. The van der Waals surface area contributed by atoms with E-state index in [0.717, 1.165) is 5.56 Å². The van der Waals surface area contributed by atoms with Crippen molar-refractivity contribution in [1.29, 1.82) is 0 Å². The molecule has 9 heteroatoms. The molecule has 148 valence electrons. The molecule has 0 radical (unpaired) electrons. The molecule has 7 nitrogen and oxygen atoms in total. The van der Waals surface area contributed by atoms with Crippen molar-refractivity contribution < 1.29 is 14.3 Å². The fourth-order valence-electron chi connectivity index (χ4n) is 2.78. The van der Waals surface area contributed by atoms with E-state index in [2.05, 4.69) is 10.3 Å². The summed E-state index contributed by atoms with van der Waals surface area (Å²) in [5.41, 5.74) is 1.43. The molecule has 28 heavy (non-hydrogen) atoms. The van der Waals surface area contributed by atoms with Gasteiger partial charge in [-0.3, -0.25) is 14.2 Å². The Kier molecular flexibility index (Phi) is 6.58. The highest BCUT2D eigenvalue weighted by Crippen LogP contribution is 2.30. The molecular weight excluding hydrogens is 398 g/mol. The number of hydrogen-bond donors (Lipinski definition) is 1. The number of nitrogens with zero attached hydrogens (tertiary/aromatic N) is 2. The van der Waals surface area contributed by atoms with E-state index in [1.165, 1.54) is 23.1 Å². The second kappa shape index (κ2) is 9.11. The summed E-state index contributed by atoms with van der Waals surface area (Å²) < 4.78 is 12.9. The molecule has 1 N–H and O–H groups in total. The van der Waals surface area contributed by atoms with Crippen molar-refractivity contribution in [3.05, 3.63) is 45.6 Å². The highest BCUT2D eigenvalue weighted by molar-refractivity contribution is 7.99. The Balaban J connectivity index is 1.67. The smallest absolute Gasteiger partial charge is 0.272 e. The number of ether oxygens (including phenoxy) is 2. The molecule has 0 atom stereocenters. The van der Waals surface area contributed by atoms with Crippen molar-refractivity contribution in [2.45, 2.75) is 25.2 Å². The van der Waals surface area contributed by atoms with Crippen molar-refractivity contribution >= 4 is 39.2 Å². The predicted octanol–water partition coefficient (Wildman–Crippen LogP) is 2.90. The number of methoxy groups -OCH3 is 2. The molecule has 0 aliphatic carbocycles. The Hall–Kier alpha value is -2.52. The van der Waals surface area contributed by atoms with Gasteiger partial charge in [0.1, 0.15) is 4.70 Å². The topological polar surface area (TPSA) is 82.5 Å². The number of nitrogens with one attached hydrogen (secondary N) is 1. The van der Waals surface area contributed by atoms with Gasteiger partial charge in [-0.15, -0.1) is 11.3 Å². The molecule has 2 aromatic heterocycles. The number of thioether (sulfide) groups is 1. The zero-order valence-electron chi connectivity index (χ0n) is 15.9. The first kappa shape index (κ1) is 20.2. The monoisotopic (exact) mass is 419 g/mol. The molecule has 1 aromatic carbocycles. The molecule has 0 aliphatic heterocycles. The lowest BCUT2D eigenvalue weighted by molar-refractivity contribution is -0.118. The predicted molar refractivity (Wildman–Crippen MR) is 112 cm³/mol. The number of carbonyl (C=O) groups is 1. The maximum absolute atomic E-state index is 12.5. The Morgan fingerprint density at radius 1 is 1.29 bits per heavy atom. The lowest BCUT2D eigenvalue weighted by atomic mass is 10.2. The molecule has 0 spiro atoms. The standard InChI is InChI=1S/C19H21N3O4S2/c1-4-22-18(24)17-13(8-9-27-17)21-19(22)28-11-15(23)20-10-12-6-5-7-14(25-2)16(12)26-3/h5-9H,4,10-11H2,1-3H3,(H,20,23). The van der Waals surface area contributed by atoms with Gasteiger partial charge in [0.15, 0.2) is 16.7 Å². The van der Waals surface area contributed by atoms with Crippen LogP contribution in [-0.4, -0.2) is 35.4 Å². The van der Waals surface area contributed by atoms with Gasteiger partial charge in [-0.2, -0.15) is 0 Å². The number of aromatic nitrogens is 2. The Morgan fingerprint density at radius 2 is 2.11 bits per heavy atom. The van der Waals surface area contributed by atoms with Gasteiger partial charge in [-0.05, 0) is 24.4 Å². The van der Waals surface area contributed by atoms with Gasteiger partial charge >= 0.3 is 0 Å². The summed E-state index contributed by atoms with van der Waals surface area (Å²) in [5, 5.41) is 5.27. The largest absolute Gasteiger partial charge is 0.493 e. The van der Waals surface area contributed by atoms with Crippen LogP contribution in [0.15, 0.2) is 39.6 Å². The van der Waals surface area contributed by atoms with Gasteiger partial charge in [0.25, 0.3) is 5.56 Å². The van der Waals surface area contributed by atoms with Gasteiger partial charge in [-0.25, -0.2) is 4.98 Å². The fourth-order valence-corrected chi connectivity index (χ4v) is 4.45. The van der Waals surface area contributed by atoms with Crippen LogP contribution in [0.4, 0.5) is 0 Å². The van der Waals surface area contributed by atoms with E-state index in [9.17, 15) is 9.59 Å². The van der Waals surface area contributed by atoms with Gasteiger partial charge in [0, 0.05) is 18.7 Å². The Morgan fingerprint density at radius 3 is 2.82 bits per heavy atom. The van der Waals surface area contributed by atoms with Crippen LogP contribution in [0.3, 0.4) is 0 Å². The first-order valence-corrected chi connectivity index (χ1v) is 10.5. The molecule has 3 aromatic rings. The summed E-state index contributed by atoms with van der Waals surface area (Å²) in [7, 11) is 3.14. The zero-order valence-corrected chi connectivity index (χ0v) is 17.5. The molecule has 0 unspecified atom stereocenters. The maximum atomic E-state index is 12.5. The SMILES string of the molecule is CCn1c(SCC(=O)NCc2cccc(OC)c2OC)nc2ccsc2c1=O. The van der Waals surface area contributed by atoms with E-state index in [1.54, 1.807) is 24.9 Å². The highest BCUT2D eigenvalue weighted by Gasteiger charge is 2.14. The van der Waals surface area contributed by atoms with E-state index >= 15 is 0 Å². The van der Waals surface area contributed by atoms with Gasteiger partial charge < -0.3 is 14.8 Å². The zero-order chi connectivity index (χ0) is 20.1. The molecule has 0 fully saturated rings. The molecule has 0 saturated heterocycles. The molecule has 0 aliphatic rings. The van der Waals surface area contributed by atoms with E-state index in [0.29, 0.717) is 40.0 Å². The molecule has 3 rings (SSSR count). The van der Waals surface area contributed by atoms with E-state index < -0.39 is 0 Å². The van der Waals surface area contributed by atoms with Crippen LogP contribution in [0.2, 0.25) is 0 Å². The van der Waals surface area contributed by atoms with E-state index in [-0.39, 0.29) is 17.2 Å². The second-order valence-corrected chi connectivity index (χ2v) is 7.66. The summed E-state index contributed by atoms with van der Waals surface area (Å²) in [6.07, 6.45) is 0. The van der Waals surface area contributed by atoms with Crippen LogP contribution < -0.4 is 20.3 Å². The van der Waals surface area contributed by atoms with Crippen LogP contribution >= 0.6 is 23.1 Å². The molecule has 2 heterocycles. The van der Waals surface area contributed by atoms with Crippen LogP contribution in [0, 0.1) is 0 Å². The number of para-hydroxylation sites is 1. The lowest BCUT2D eigenvalue weighted by Gasteiger charge is -2.13. The summed E-state index contributed by atoms with van der Waals surface area (Å²) >= 11 is 2.64. The minimum atomic E-state index is -0.155. The van der Waals surface area contributed by atoms with Crippen molar-refractivity contribution in [2.75, 3.05) is 20.0 Å². The first-order valence-electron chi connectivity index (χ1n) is 8.66. The number of hydrogen-bond acceptors (Lipinski definition) is 7. The minimum Gasteiger partial charge on any atom is -0.493 e. The van der Waals surface area contributed by atoms with Crippen molar-refractivity contribution in [2.24, 2.45) is 0 Å². The number of benzene rings is 1. The summed E-state index contributed by atoms with van der Waals surface area (Å²) in [6, 6.07) is 7.34. The molecule has 0 bridgehead atoms. The number of fused-ring (bicyclic) bond motifs is 1. The van der Waals surface area contributed by atoms with E-state index in [4.69, 9.17) is 9.47 Å². The van der Waals surface area contributed by atoms with Crippen molar-refractivity contribution in [3.63, 3.8) is 0 Å². The van der Waals surface area contributed by atoms with Crippen molar-refractivity contribution in [3.8, 4) is 11.5 Å². The van der Waals surface area contributed by atoms with Gasteiger partial charge in [0.05, 0.1) is 25.5 Å². The molecular formula is C19H21N3O4S2. The lowest BCUT2D eigenvalue weighted by Crippen LogP contribution is -2.26. The van der Waals surface area contributed by atoms with Gasteiger partial charge in [0.2, 0.25) is 5.91 Å². The normalized spacial score (nSPS) is 10.8. The number of amides is 1.